The van der Waals surface area contributed by atoms with Crippen molar-refractivity contribution in [3.8, 4) is 23.0 Å². The number of carbonyl (C=O) groups excluding carboxylic acids is 6. The van der Waals surface area contributed by atoms with E-state index in [1.54, 1.807) is 0 Å². The fourth-order valence-electron chi connectivity index (χ4n) is 15.0. The number of fused-ring (bicyclic) bond motifs is 4. The molecule has 6 N–H and O–H groups in total. The smallest absolute Gasteiger partial charge is 0.356 e. The molecule has 17 nitrogen and oxygen atoms in total. The second-order valence-electron chi connectivity index (χ2n) is 24.8. The van der Waals surface area contributed by atoms with Gasteiger partial charge in [0.15, 0.2) is 52.0 Å². The minimum Gasteiger partial charge on any atom is -0.505 e. The van der Waals surface area contributed by atoms with E-state index in [0.717, 1.165) is 56.2 Å². The van der Waals surface area contributed by atoms with Gasteiger partial charge in [-0.15, -0.1) is 0 Å². The van der Waals surface area contributed by atoms with E-state index < -0.39 is 139 Å². The summed E-state index contributed by atoms with van der Waals surface area (Å²) in [5, 5.41) is 45.6. The number of aromatic hydroxyl groups is 3. The molecule has 4 heterocycles. The Morgan fingerprint density at radius 3 is 1.33 bits per heavy atom. The van der Waals surface area contributed by atoms with Crippen molar-refractivity contribution in [1.82, 2.24) is 18.2 Å². The molecule has 4 unspecified atom stereocenters. The van der Waals surface area contributed by atoms with Crippen LogP contribution in [0.2, 0.25) is 20.1 Å². The maximum absolute atomic E-state index is 18.6. The number of aromatic nitrogens is 3. The predicted octanol–water partition coefficient (Wildman–Crippen LogP) is 16.7. The first kappa shape index (κ1) is 68.0. The van der Waals surface area contributed by atoms with Gasteiger partial charge < -0.3 is 30.9 Å². The quantitative estimate of drug-likeness (QED) is 0.0295. The fourth-order valence-corrected chi connectivity index (χ4v) is 15.8. The van der Waals surface area contributed by atoms with Crippen LogP contribution in [0.3, 0.4) is 0 Å². The molecule has 0 spiro atoms. The number of esters is 1. The van der Waals surface area contributed by atoms with Crippen molar-refractivity contribution in [3.05, 3.63) is 256 Å². The first-order chi connectivity index (χ1) is 47.5. The summed E-state index contributed by atoms with van der Waals surface area (Å²) in [5.74, 6) is -21.4. The van der Waals surface area contributed by atoms with Crippen LogP contribution in [0.15, 0.2) is 151 Å². The van der Waals surface area contributed by atoms with Crippen LogP contribution >= 0.6 is 46.4 Å². The number of carboxylic acids is 1. The second kappa shape index (κ2) is 25.6. The molecule has 1 fully saturated rings. The Morgan fingerprint density at radius 1 is 0.520 bits per heavy atom. The number of aliphatic carboxylic acids is 1. The van der Waals surface area contributed by atoms with E-state index in [2.05, 4.69) is 0 Å². The number of allylic oxidation sites excluding steroid dienone is 1. The van der Waals surface area contributed by atoms with Crippen LogP contribution in [0.1, 0.15) is 131 Å². The van der Waals surface area contributed by atoms with E-state index in [9.17, 15) is 30.0 Å². The van der Waals surface area contributed by atoms with Crippen LogP contribution in [-0.4, -0.2) is 75.6 Å². The van der Waals surface area contributed by atoms with Crippen LogP contribution < -0.4 is 15.0 Å². The highest BCUT2D eigenvalue weighted by atomic mass is 35.5. The number of quaternary nitrogens is 1. The van der Waals surface area contributed by atoms with E-state index in [1.165, 1.54) is 125 Å². The number of amides is 2. The number of phenolic OH excluding ortho intramolecular Hbond substituents is 3. The molecule has 8 aromatic carbocycles. The number of nitrogens with zero attached hydrogens (tertiary/aromatic N) is 4. The Bertz CT molecular complexity index is 5500. The predicted molar refractivity (Wildman–Crippen MR) is 368 cm³/mol. The number of primary amides is 1. The molecule has 2 amide bonds. The van der Waals surface area contributed by atoms with Gasteiger partial charge in [0, 0.05) is 118 Å². The molecule has 4 atom stereocenters. The molecule has 25 heteroatoms. The molecular weight excluding hydrogens is 1380 g/mol. The zero-order valence-corrected chi connectivity index (χ0v) is 56.0. The zero-order chi connectivity index (χ0) is 71.6. The third kappa shape index (κ3) is 10.9. The van der Waals surface area contributed by atoms with Crippen LogP contribution in [0, 0.1) is 50.0 Å². The van der Waals surface area contributed by atoms with Crippen molar-refractivity contribution in [2.45, 2.75) is 71.3 Å². The number of nitrogens with two attached hydrogens (primary N) is 1. The number of carboxylic acid groups (broad SMARTS) is 1. The van der Waals surface area contributed by atoms with Gasteiger partial charge in [-0.1, -0.05) is 83.5 Å². The molecule has 506 valence electrons. The van der Waals surface area contributed by atoms with E-state index in [1.807, 2.05) is 0 Å². The summed E-state index contributed by atoms with van der Waals surface area (Å²) in [5.41, 5.74) is 2.55. The number of phenols is 3. The molecule has 0 radical (unpaired) electrons. The monoisotopic (exact) mass is 1430 g/mol. The summed E-state index contributed by atoms with van der Waals surface area (Å²) in [6, 6.07) is 26.9. The van der Waals surface area contributed by atoms with Crippen LogP contribution in [-0.2, 0) is 14.4 Å². The average molecular weight is 1440 g/mol. The summed E-state index contributed by atoms with van der Waals surface area (Å²) >= 11 is 25.8. The van der Waals surface area contributed by atoms with Gasteiger partial charge in [-0.25, -0.2) is 22.4 Å². The Kier molecular flexibility index (Phi) is 17.4. The van der Waals surface area contributed by atoms with Gasteiger partial charge in [0.25, 0.3) is 23.6 Å². The molecule has 13 rings (SSSR count). The normalized spacial score (nSPS) is 15.6. The summed E-state index contributed by atoms with van der Waals surface area (Å²) in [6.45, 7) is 5.34. The largest absolute Gasteiger partial charge is 0.505 e. The highest BCUT2D eigenvalue weighted by Crippen LogP contribution is 2.60. The van der Waals surface area contributed by atoms with Crippen molar-refractivity contribution >= 4 is 132 Å². The Balaban J connectivity index is 1.12. The molecule has 11 aromatic rings. The van der Waals surface area contributed by atoms with Crippen molar-refractivity contribution in [1.29, 1.82) is 0 Å². The first-order valence-electron chi connectivity index (χ1n) is 31.0. The number of rotatable bonds is 14. The maximum atomic E-state index is 18.6. The average Bonchev–Trinajstić information content (AvgIpc) is 1.51. The molecule has 1 aliphatic carbocycles. The third-order valence-corrected chi connectivity index (χ3v) is 20.2. The number of hydrogen-bond acceptors (Lipinski definition) is 11. The Labute approximate surface area is 585 Å². The van der Waals surface area contributed by atoms with Crippen molar-refractivity contribution in [2.24, 2.45) is 11.7 Å². The van der Waals surface area contributed by atoms with Gasteiger partial charge in [0.05, 0.1) is 33.6 Å². The summed E-state index contributed by atoms with van der Waals surface area (Å²) in [4.78, 5) is 108. The standard InChI is InChI=1S/C75H53Cl4F4N5O12/c1-33-62(46-25-58(89)50(80)29-54(46)85(33)70(93)38-13-7-17-42(76)21-38)66(37-11-5-6-12-37)75(99)100-61-28-49-57(32-53(61)83)88(73(96)41-16-10-20-45(79)24-41,68(69(84)92)64-35(3)87(56-31-52(82)60(91)27-48(56)64)72(95)40-15-9-19-44(78)23-40)36(4)65(49)67(74(97)98)63-34(2)86(55-30-51(81)59(90)26-47(55)63)71(94)39-14-8-18-43(77)22-39/h7-10,13-32,37,66-68H,5-6,11-12H2,1-4H3,(H5-,84,89,90,91,92,97,98)/p+1. The molecule has 1 saturated carbocycles. The lowest BCUT2D eigenvalue weighted by atomic mass is 9.83. The van der Waals surface area contributed by atoms with Crippen molar-refractivity contribution in [2.75, 3.05) is 0 Å². The molecule has 1 aliphatic heterocycles. The Hall–Kier alpha value is -10.6. The number of ether oxygens (including phenoxy) is 1. The van der Waals surface area contributed by atoms with Gasteiger partial charge in [-0.2, -0.15) is 4.48 Å². The summed E-state index contributed by atoms with van der Waals surface area (Å²) < 4.78 is 74.0. The number of halogens is 8. The topological polar surface area (TPSA) is 250 Å². The molecule has 0 bridgehead atoms. The number of carbonyl (C=O) groups is 7. The molecular formula is C75H54Cl4F4N5O12+. The van der Waals surface area contributed by atoms with Gasteiger partial charge in [-0.05, 0) is 142 Å². The van der Waals surface area contributed by atoms with Crippen molar-refractivity contribution in [3.63, 3.8) is 0 Å². The summed E-state index contributed by atoms with van der Waals surface area (Å²) in [6.07, 6.45) is 1.88. The minimum absolute atomic E-state index is 0.0376. The van der Waals surface area contributed by atoms with E-state index in [4.69, 9.17) is 56.9 Å². The minimum atomic E-state index is -2.36. The molecule has 100 heavy (non-hydrogen) atoms. The number of benzene rings is 8. The van der Waals surface area contributed by atoms with E-state index >= 15 is 41.5 Å². The maximum Gasteiger partial charge on any atom is 0.356 e. The Morgan fingerprint density at radius 2 is 0.910 bits per heavy atom. The zero-order valence-electron chi connectivity index (χ0n) is 52.9. The van der Waals surface area contributed by atoms with Gasteiger partial charge in [-0.3, -0.25) is 42.5 Å². The summed E-state index contributed by atoms with van der Waals surface area (Å²) in [7, 11) is 0. The fraction of sp³-hybridized carbons (Fsp3) is 0.160. The van der Waals surface area contributed by atoms with Crippen LogP contribution in [0.25, 0.3) is 38.3 Å². The van der Waals surface area contributed by atoms with E-state index in [-0.39, 0.29) is 109 Å². The lowest BCUT2D eigenvalue weighted by Crippen LogP contribution is -2.58. The van der Waals surface area contributed by atoms with Crippen LogP contribution in [0.4, 0.5) is 23.2 Å². The first-order valence-corrected chi connectivity index (χ1v) is 32.6. The molecule has 0 saturated heterocycles. The third-order valence-electron chi connectivity index (χ3n) is 19.2. The van der Waals surface area contributed by atoms with Gasteiger partial charge in [0.1, 0.15) is 11.6 Å². The van der Waals surface area contributed by atoms with Crippen LogP contribution in [0.5, 0.6) is 23.0 Å². The van der Waals surface area contributed by atoms with Gasteiger partial charge >= 0.3 is 17.8 Å². The van der Waals surface area contributed by atoms with Crippen molar-refractivity contribution < 1.29 is 76.3 Å². The highest BCUT2D eigenvalue weighted by molar-refractivity contribution is 6.32. The van der Waals surface area contributed by atoms with Gasteiger partial charge in [0.2, 0.25) is 6.04 Å². The molecule has 3 aromatic heterocycles. The number of hydrogen-bond donors (Lipinski definition) is 5. The molecule has 2 aliphatic rings. The highest BCUT2D eigenvalue weighted by Gasteiger charge is 2.62. The lowest BCUT2D eigenvalue weighted by molar-refractivity contribution is -0.138. The second-order valence-corrected chi connectivity index (χ2v) is 26.5. The SMILES string of the molecule is CC1=C(C(C(=O)O)c2c(C)n(C(=O)c3cccc(Cl)c3)c3cc(F)c(O)cc23)c2cc(OC(=O)C(c3c(C)n(C(=O)c4cccc(Cl)c4)c4cc(F)c(O)cc34)C3CCCC3)c(F)cc2[N+]1(C(=O)c1cccc(Cl)c1)C(C(N)=O)c1c(C)n(C(=O)c2cccc(Cl)c2)c2cc(F)c(O)cc12. The lowest BCUT2D eigenvalue weighted by Gasteiger charge is -2.39. The van der Waals surface area contributed by atoms with E-state index in [0.29, 0.717) is 31.7 Å².